The first-order chi connectivity index (χ1) is 13.1. The summed E-state index contributed by atoms with van der Waals surface area (Å²) in [5.41, 5.74) is 3.36. The molecule has 0 saturated carbocycles. The number of aromatic nitrogens is 8. The Hall–Kier alpha value is -3.69. The largest absolute Gasteiger partial charge is 0.323 e. The number of anilines is 1. The van der Waals surface area contributed by atoms with Crippen LogP contribution in [-0.4, -0.2) is 45.2 Å². The van der Waals surface area contributed by atoms with Gasteiger partial charge in [-0.15, -0.1) is 0 Å². The van der Waals surface area contributed by atoms with E-state index in [-0.39, 0.29) is 5.91 Å². The Balaban J connectivity index is 1.50. The third-order valence-corrected chi connectivity index (χ3v) is 4.29. The van der Waals surface area contributed by atoms with E-state index in [1.807, 2.05) is 13.8 Å². The molecule has 4 heterocycles. The monoisotopic (exact) mass is 363 g/mol. The smallest absolute Gasteiger partial charge is 0.252 e. The summed E-state index contributed by atoms with van der Waals surface area (Å²) in [6.07, 6.45) is 6.90. The molecule has 136 valence electrons. The number of carbonyl (C=O) groups excluding carboxylic acids is 1. The molecule has 0 aromatic carbocycles. The van der Waals surface area contributed by atoms with E-state index in [1.54, 1.807) is 22.8 Å². The van der Waals surface area contributed by atoms with Gasteiger partial charge in [0, 0.05) is 24.0 Å². The molecule has 10 nitrogen and oxygen atoms in total. The van der Waals surface area contributed by atoms with Crippen LogP contribution in [0.15, 0.2) is 37.3 Å². The molecule has 0 aliphatic heterocycles. The topological polar surface area (TPSA) is 116 Å². The van der Waals surface area contributed by atoms with Crippen LogP contribution in [0, 0.1) is 13.8 Å². The van der Waals surface area contributed by atoms with Crippen molar-refractivity contribution in [2.45, 2.75) is 26.7 Å². The van der Waals surface area contributed by atoms with Gasteiger partial charge in [0.25, 0.3) is 5.78 Å². The van der Waals surface area contributed by atoms with E-state index in [1.165, 1.54) is 23.7 Å². The summed E-state index contributed by atoms with van der Waals surface area (Å²) in [7, 11) is 0. The molecule has 0 fully saturated rings. The number of hydrogen-bond acceptors (Lipinski definition) is 7. The lowest BCUT2D eigenvalue weighted by Gasteiger charge is -2.12. The summed E-state index contributed by atoms with van der Waals surface area (Å²) >= 11 is 0. The van der Waals surface area contributed by atoms with Crippen LogP contribution in [0.4, 0.5) is 5.69 Å². The second kappa shape index (κ2) is 6.90. The first-order valence-corrected chi connectivity index (χ1v) is 8.39. The van der Waals surface area contributed by atoms with Crippen LogP contribution in [0.25, 0.3) is 11.6 Å². The van der Waals surface area contributed by atoms with Crippen molar-refractivity contribution < 1.29 is 4.79 Å². The Morgan fingerprint density at radius 2 is 2.07 bits per heavy atom. The number of carbonyl (C=O) groups is 1. The summed E-state index contributed by atoms with van der Waals surface area (Å²) in [4.78, 5) is 29.2. The van der Waals surface area contributed by atoms with Crippen molar-refractivity contribution >= 4 is 17.4 Å². The second-order valence-electron chi connectivity index (χ2n) is 6.00. The number of aryl methyl sites for hydroxylation is 2. The van der Waals surface area contributed by atoms with Gasteiger partial charge in [-0.1, -0.05) is 0 Å². The standard InChI is InChI=1S/C17H17N9O/c1-11-13(12(2)26-17(23-11)20-9-22-26)5-6-15(27)24-14-4-3-7-19-16(14)25-10-18-8-21-25/h3-4,7-10H,5-6H2,1-2H3,(H,24,27). The molecule has 10 heteroatoms. The van der Waals surface area contributed by atoms with Crippen LogP contribution in [-0.2, 0) is 11.2 Å². The molecule has 27 heavy (non-hydrogen) atoms. The quantitative estimate of drug-likeness (QED) is 0.568. The Morgan fingerprint density at radius 3 is 2.89 bits per heavy atom. The second-order valence-corrected chi connectivity index (χ2v) is 6.00. The zero-order valence-electron chi connectivity index (χ0n) is 14.9. The number of fused-ring (bicyclic) bond motifs is 1. The third kappa shape index (κ3) is 3.24. The molecule has 1 N–H and O–H groups in total. The van der Waals surface area contributed by atoms with Crippen LogP contribution in [0.1, 0.15) is 23.4 Å². The molecule has 0 saturated heterocycles. The molecule has 0 aliphatic rings. The fourth-order valence-electron chi connectivity index (χ4n) is 2.96. The van der Waals surface area contributed by atoms with Gasteiger partial charge in [0.2, 0.25) is 5.91 Å². The minimum Gasteiger partial charge on any atom is -0.323 e. The highest BCUT2D eigenvalue weighted by Gasteiger charge is 2.14. The van der Waals surface area contributed by atoms with Gasteiger partial charge in [-0.25, -0.2) is 24.1 Å². The fraction of sp³-hybridized carbons (Fsp3) is 0.235. The lowest BCUT2D eigenvalue weighted by Crippen LogP contribution is -2.16. The number of pyridine rings is 1. The van der Waals surface area contributed by atoms with E-state index in [2.05, 4.69) is 35.5 Å². The normalized spacial score (nSPS) is 11.0. The highest BCUT2D eigenvalue weighted by molar-refractivity contribution is 5.92. The summed E-state index contributed by atoms with van der Waals surface area (Å²) in [6, 6.07) is 3.54. The van der Waals surface area contributed by atoms with Crippen LogP contribution in [0.2, 0.25) is 0 Å². The Labute approximate surface area is 154 Å². The van der Waals surface area contributed by atoms with E-state index in [4.69, 9.17) is 0 Å². The van der Waals surface area contributed by atoms with Crippen LogP contribution in [0.5, 0.6) is 0 Å². The van der Waals surface area contributed by atoms with Gasteiger partial charge in [-0.3, -0.25) is 4.79 Å². The average Bonchev–Trinajstić information content (AvgIpc) is 3.33. The molecule has 4 rings (SSSR count). The van der Waals surface area contributed by atoms with Crippen LogP contribution in [0.3, 0.4) is 0 Å². The molecule has 0 spiro atoms. The van der Waals surface area contributed by atoms with Gasteiger partial charge >= 0.3 is 0 Å². The van der Waals surface area contributed by atoms with Crippen molar-refractivity contribution in [1.29, 1.82) is 0 Å². The van der Waals surface area contributed by atoms with Crippen LogP contribution >= 0.6 is 0 Å². The Kier molecular flexibility index (Phi) is 4.29. The van der Waals surface area contributed by atoms with Gasteiger partial charge in [0.05, 0.1) is 5.69 Å². The van der Waals surface area contributed by atoms with Gasteiger partial charge in [0.15, 0.2) is 5.82 Å². The maximum atomic E-state index is 12.5. The summed E-state index contributed by atoms with van der Waals surface area (Å²) in [5.74, 6) is 0.953. The van der Waals surface area contributed by atoms with E-state index in [0.717, 1.165) is 17.0 Å². The van der Waals surface area contributed by atoms with Gasteiger partial charge < -0.3 is 5.32 Å². The number of hydrogen-bond donors (Lipinski definition) is 1. The molecular weight excluding hydrogens is 346 g/mol. The van der Waals surface area contributed by atoms with Gasteiger partial charge in [-0.2, -0.15) is 15.2 Å². The predicted molar refractivity (Wildman–Crippen MR) is 96.4 cm³/mol. The molecule has 0 aliphatic carbocycles. The van der Waals surface area contributed by atoms with E-state index in [0.29, 0.717) is 30.1 Å². The number of amides is 1. The van der Waals surface area contributed by atoms with E-state index in [9.17, 15) is 4.79 Å². The van der Waals surface area contributed by atoms with E-state index < -0.39 is 0 Å². The van der Waals surface area contributed by atoms with Gasteiger partial charge in [-0.05, 0) is 38.0 Å². The molecule has 4 aromatic rings. The van der Waals surface area contributed by atoms with Crippen molar-refractivity contribution in [2.75, 3.05) is 5.32 Å². The zero-order valence-corrected chi connectivity index (χ0v) is 14.9. The zero-order chi connectivity index (χ0) is 18.8. The molecule has 1 amide bonds. The molecule has 0 atom stereocenters. The van der Waals surface area contributed by atoms with Crippen molar-refractivity contribution in [3.8, 4) is 5.82 Å². The SMILES string of the molecule is Cc1nc2ncnn2c(C)c1CCC(=O)Nc1cccnc1-n1cncn1. The number of nitrogens with zero attached hydrogens (tertiary/aromatic N) is 8. The highest BCUT2D eigenvalue weighted by Crippen LogP contribution is 2.18. The molecule has 4 aromatic heterocycles. The predicted octanol–water partition coefficient (Wildman–Crippen LogP) is 1.29. The minimum atomic E-state index is -0.123. The molecule has 0 unspecified atom stereocenters. The highest BCUT2D eigenvalue weighted by atomic mass is 16.1. The first-order valence-electron chi connectivity index (χ1n) is 8.39. The first kappa shape index (κ1) is 16.8. The van der Waals surface area contributed by atoms with Crippen molar-refractivity contribution in [1.82, 2.24) is 39.3 Å². The maximum absolute atomic E-state index is 12.5. The summed E-state index contributed by atoms with van der Waals surface area (Å²) in [5, 5.41) is 11.1. The lowest BCUT2D eigenvalue weighted by molar-refractivity contribution is -0.116. The number of rotatable bonds is 5. The van der Waals surface area contributed by atoms with Crippen molar-refractivity contribution in [3.63, 3.8) is 0 Å². The fourth-order valence-corrected chi connectivity index (χ4v) is 2.96. The third-order valence-electron chi connectivity index (χ3n) is 4.29. The average molecular weight is 363 g/mol. The lowest BCUT2D eigenvalue weighted by atomic mass is 10.1. The molecular formula is C17H17N9O. The molecule has 0 bridgehead atoms. The summed E-state index contributed by atoms with van der Waals surface area (Å²) in [6.45, 7) is 3.87. The Bertz CT molecular complexity index is 1100. The van der Waals surface area contributed by atoms with E-state index >= 15 is 0 Å². The van der Waals surface area contributed by atoms with Gasteiger partial charge in [0.1, 0.15) is 19.0 Å². The maximum Gasteiger partial charge on any atom is 0.252 e. The van der Waals surface area contributed by atoms with Crippen molar-refractivity contribution in [2.24, 2.45) is 0 Å². The summed E-state index contributed by atoms with van der Waals surface area (Å²) < 4.78 is 3.19. The minimum absolute atomic E-state index is 0.123. The van der Waals surface area contributed by atoms with Crippen LogP contribution < -0.4 is 5.32 Å². The van der Waals surface area contributed by atoms with Crippen molar-refractivity contribution in [3.05, 3.63) is 54.3 Å². The molecule has 0 radical (unpaired) electrons. The Morgan fingerprint density at radius 1 is 1.19 bits per heavy atom. The number of nitrogens with one attached hydrogen (secondary N) is 1.